The lowest BCUT2D eigenvalue weighted by Crippen LogP contribution is -2.22. The van der Waals surface area contributed by atoms with Crippen LogP contribution in [0.3, 0.4) is 0 Å². The van der Waals surface area contributed by atoms with Crippen LogP contribution in [0.2, 0.25) is 0 Å². The summed E-state index contributed by atoms with van der Waals surface area (Å²) in [6.45, 7) is 7.01. The van der Waals surface area contributed by atoms with Gasteiger partial charge in [-0.05, 0) is 32.4 Å². The van der Waals surface area contributed by atoms with Gasteiger partial charge >= 0.3 is 0 Å². The van der Waals surface area contributed by atoms with Crippen LogP contribution < -0.4 is 0 Å². The van der Waals surface area contributed by atoms with Crippen molar-refractivity contribution in [3.63, 3.8) is 0 Å². The molecule has 0 spiro atoms. The van der Waals surface area contributed by atoms with Gasteiger partial charge in [0, 0.05) is 43.1 Å². The van der Waals surface area contributed by atoms with Gasteiger partial charge in [0.25, 0.3) is 0 Å². The lowest BCUT2D eigenvalue weighted by molar-refractivity contribution is 0.0916. The van der Waals surface area contributed by atoms with Gasteiger partial charge in [-0.1, -0.05) is 0 Å². The van der Waals surface area contributed by atoms with Crippen molar-refractivity contribution in [1.29, 1.82) is 0 Å². The quantitative estimate of drug-likeness (QED) is 0.724. The minimum atomic E-state index is -0.919. The third kappa shape index (κ3) is 3.11. The zero-order valence-electron chi connectivity index (χ0n) is 15.1. The SMILES string of the molecule is Cc1cc(C)n2ncc(CN3CCCn4nc([C@@H](O)CO)cc4C3)c2n1. The predicted molar refractivity (Wildman–Crippen MR) is 95.5 cm³/mol. The first-order valence-corrected chi connectivity index (χ1v) is 8.94. The fraction of sp³-hybridized carbons (Fsp3) is 0.500. The van der Waals surface area contributed by atoms with Crippen molar-refractivity contribution in [2.24, 2.45) is 0 Å². The maximum atomic E-state index is 9.83. The number of nitrogens with zero attached hydrogens (tertiary/aromatic N) is 6. The average molecular weight is 356 g/mol. The summed E-state index contributed by atoms with van der Waals surface area (Å²) >= 11 is 0. The second kappa shape index (κ2) is 6.79. The smallest absolute Gasteiger partial charge is 0.159 e. The van der Waals surface area contributed by atoms with E-state index in [9.17, 15) is 5.11 Å². The Kier molecular flexibility index (Phi) is 4.47. The van der Waals surface area contributed by atoms with Gasteiger partial charge in [0.15, 0.2) is 5.65 Å². The standard InChI is InChI=1S/C18H24N6O2/c1-12-6-13(2)24-18(20-12)14(8-19-24)9-22-4-3-5-23-15(10-22)7-16(21-23)17(26)11-25/h6-8,17,25-26H,3-5,9-11H2,1-2H3/t17-/m0/s1. The number of aryl methyl sites for hydroxylation is 3. The molecular formula is C18H24N6O2. The fourth-order valence-corrected chi connectivity index (χ4v) is 3.61. The van der Waals surface area contributed by atoms with E-state index in [0.717, 1.165) is 60.9 Å². The highest BCUT2D eigenvalue weighted by atomic mass is 16.3. The molecule has 1 aliphatic heterocycles. The van der Waals surface area contributed by atoms with E-state index in [2.05, 4.69) is 20.1 Å². The molecule has 1 atom stereocenters. The first-order chi connectivity index (χ1) is 12.5. The maximum absolute atomic E-state index is 9.83. The zero-order chi connectivity index (χ0) is 18.3. The largest absolute Gasteiger partial charge is 0.393 e. The molecule has 8 nitrogen and oxygen atoms in total. The first kappa shape index (κ1) is 17.1. The molecule has 2 N–H and O–H groups in total. The second-order valence-corrected chi connectivity index (χ2v) is 6.99. The van der Waals surface area contributed by atoms with Crippen LogP contribution in [0.1, 0.15) is 40.9 Å². The summed E-state index contributed by atoms with van der Waals surface area (Å²) in [6, 6.07) is 3.92. The minimum absolute atomic E-state index is 0.313. The van der Waals surface area contributed by atoms with E-state index in [4.69, 9.17) is 5.11 Å². The highest BCUT2D eigenvalue weighted by Gasteiger charge is 2.21. The number of hydrogen-bond acceptors (Lipinski definition) is 6. The van der Waals surface area contributed by atoms with Gasteiger partial charge in [-0.15, -0.1) is 0 Å². The summed E-state index contributed by atoms with van der Waals surface area (Å²) in [6.07, 6.45) is 1.96. The number of hydrogen-bond donors (Lipinski definition) is 2. The Hall–Kier alpha value is -2.29. The monoisotopic (exact) mass is 356 g/mol. The van der Waals surface area contributed by atoms with Crippen molar-refractivity contribution < 1.29 is 10.2 Å². The number of fused-ring (bicyclic) bond motifs is 2. The van der Waals surface area contributed by atoms with Gasteiger partial charge in [0.05, 0.1) is 24.2 Å². The van der Waals surface area contributed by atoms with Gasteiger partial charge in [-0.25, -0.2) is 9.50 Å². The highest BCUT2D eigenvalue weighted by Crippen LogP contribution is 2.21. The normalized spacial score (nSPS) is 16.6. The van der Waals surface area contributed by atoms with Crippen molar-refractivity contribution in [3.05, 3.63) is 46.7 Å². The molecule has 0 unspecified atom stereocenters. The van der Waals surface area contributed by atoms with E-state index in [1.165, 1.54) is 0 Å². The van der Waals surface area contributed by atoms with Crippen LogP contribution in [0.15, 0.2) is 18.3 Å². The Morgan fingerprint density at radius 1 is 1.23 bits per heavy atom. The molecule has 0 aliphatic carbocycles. The summed E-state index contributed by atoms with van der Waals surface area (Å²) in [4.78, 5) is 7.02. The average Bonchev–Trinajstić information content (AvgIpc) is 3.14. The maximum Gasteiger partial charge on any atom is 0.159 e. The topological polar surface area (TPSA) is 91.7 Å². The van der Waals surface area contributed by atoms with Crippen molar-refractivity contribution in [2.75, 3.05) is 13.2 Å². The van der Waals surface area contributed by atoms with E-state index < -0.39 is 6.10 Å². The van der Waals surface area contributed by atoms with Gasteiger partial charge < -0.3 is 10.2 Å². The summed E-state index contributed by atoms with van der Waals surface area (Å²) in [7, 11) is 0. The van der Waals surface area contributed by atoms with E-state index >= 15 is 0 Å². The summed E-state index contributed by atoms with van der Waals surface area (Å²) in [5, 5.41) is 27.9. The Labute approximate surface area is 151 Å². The Bertz CT molecular complexity index is 931. The van der Waals surface area contributed by atoms with Crippen molar-refractivity contribution >= 4 is 5.65 Å². The number of aromatic nitrogens is 5. The summed E-state index contributed by atoms with van der Waals surface area (Å²) in [5.41, 5.74) is 5.69. The molecule has 0 saturated heterocycles. The molecule has 0 fully saturated rings. The molecule has 26 heavy (non-hydrogen) atoms. The fourth-order valence-electron chi connectivity index (χ4n) is 3.61. The molecule has 3 aromatic rings. The van der Waals surface area contributed by atoms with Gasteiger partial charge in [-0.2, -0.15) is 10.2 Å². The number of aliphatic hydroxyl groups is 2. The van der Waals surface area contributed by atoms with Gasteiger partial charge in [0.1, 0.15) is 6.10 Å². The number of aliphatic hydroxyl groups excluding tert-OH is 2. The van der Waals surface area contributed by atoms with Crippen LogP contribution in [-0.4, -0.2) is 52.6 Å². The molecule has 138 valence electrons. The molecule has 4 rings (SSSR count). The molecular weight excluding hydrogens is 332 g/mol. The molecule has 0 saturated carbocycles. The summed E-state index contributed by atoms with van der Waals surface area (Å²) < 4.78 is 3.83. The van der Waals surface area contributed by atoms with Crippen molar-refractivity contribution in [3.8, 4) is 0 Å². The molecule has 0 aromatic carbocycles. The second-order valence-electron chi connectivity index (χ2n) is 6.99. The first-order valence-electron chi connectivity index (χ1n) is 8.94. The molecule has 1 aliphatic rings. The highest BCUT2D eigenvalue weighted by molar-refractivity contribution is 5.47. The molecule has 3 aromatic heterocycles. The predicted octanol–water partition coefficient (Wildman–Crippen LogP) is 0.974. The zero-order valence-corrected chi connectivity index (χ0v) is 15.1. The van der Waals surface area contributed by atoms with E-state index in [0.29, 0.717) is 5.69 Å². The molecule has 0 radical (unpaired) electrons. The third-order valence-electron chi connectivity index (χ3n) is 4.87. The van der Waals surface area contributed by atoms with Crippen LogP contribution in [0.5, 0.6) is 0 Å². The van der Waals surface area contributed by atoms with E-state index in [1.807, 2.05) is 41.4 Å². The molecule has 0 bridgehead atoms. The van der Waals surface area contributed by atoms with Crippen LogP contribution in [0, 0.1) is 13.8 Å². The van der Waals surface area contributed by atoms with Gasteiger partial charge in [0.2, 0.25) is 0 Å². The van der Waals surface area contributed by atoms with Gasteiger partial charge in [-0.3, -0.25) is 9.58 Å². The Morgan fingerprint density at radius 2 is 2.08 bits per heavy atom. The Morgan fingerprint density at radius 3 is 2.88 bits per heavy atom. The third-order valence-corrected chi connectivity index (χ3v) is 4.87. The number of rotatable bonds is 4. The molecule has 8 heteroatoms. The van der Waals surface area contributed by atoms with Crippen molar-refractivity contribution in [2.45, 2.75) is 46.0 Å². The van der Waals surface area contributed by atoms with E-state index in [-0.39, 0.29) is 6.61 Å². The van der Waals surface area contributed by atoms with Crippen molar-refractivity contribution in [1.82, 2.24) is 29.3 Å². The molecule has 0 amide bonds. The minimum Gasteiger partial charge on any atom is -0.393 e. The Balaban J connectivity index is 1.58. The lowest BCUT2D eigenvalue weighted by Gasteiger charge is -2.18. The summed E-state index contributed by atoms with van der Waals surface area (Å²) in [5.74, 6) is 0. The van der Waals surface area contributed by atoms with Crippen LogP contribution >= 0.6 is 0 Å². The van der Waals surface area contributed by atoms with Crippen LogP contribution in [0.25, 0.3) is 5.65 Å². The lowest BCUT2D eigenvalue weighted by atomic mass is 10.2. The van der Waals surface area contributed by atoms with Crippen LogP contribution in [-0.2, 0) is 19.6 Å². The molecule has 4 heterocycles. The van der Waals surface area contributed by atoms with Crippen LogP contribution in [0.4, 0.5) is 0 Å². The van der Waals surface area contributed by atoms with E-state index in [1.54, 1.807) is 0 Å².